The van der Waals surface area contributed by atoms with Gasteiger partial charge in [-0.05, 0) is 42.8 Å². The first kappa shape index (κ1) is 18.2. The second-order valence-corrected chi connectivity index (χ2v) is 6.88. The highest BCUT2D eigenvalue weighted by atomic mass is 35.5. The summed E-state index contributed by atoms with van der Waals surface area (Å²) in [6.45, 7) is 2.21. The highest BCUT2D eigenvalue weighted by Crippen LogP contribution is 2.23. The molecule has 5 nitrogen and oxygen atoms in total. The van der Waals surface area contributed by atoms with Crippen LogP contribution in [-0.4, -0.2) is 18.0 Å². The van der Waals surface area contributed by atoms with E-state index in [1.165, 1.54) is 11.3 Å². The van der Waals surface area contributed by atoms with Crippen LogP contribution in [0, 0.1) is 6.92 Å². The van der Waals surface area contributed by atoms with E-state index in [0.717, 1.165) is 5.56 Å². The molecule has 0 radical (unpaired) electrons. The third-order valence-corrected chi connectivity index (χ3v) is 4.73. The van der Waals surface area contributed by atoms with Crippen LogP contribution >= 0.6 is 22.9 Å². The SMILES string of the molecule is COc1ccc(C)c(NC(=O)c2csc(COc3ccc(Cl)cc3)n2)c1. The summed E-state index contributed by atoms with van der Waals surface area (Å²) in [7, 11) is 1.59. The Labute approximate surface area is 160 Å². The number of nitrogens with zero attached hydrogens (tertiary/aromatic N) is 1. The number of aromatic nitrogens is 1. The second-order valence-electron chi connectivity index (χ2n) is 5.50. The topological polar surface area (TPSA) is 60.5 Å². The molecule has 2 aromatic carbocycles. The van der Waals surface area contributed by atoms with Gasteiger partial charge in [-0.3, -0.25) is 4.79 Å². The predicted octanol–water partition coefficient (Wildman–Crippen LogP) is 4.94. The molecule has 0 aliphatic heterocycles. The summed E-state index contributed by atoms with van der Waals surface area (Å²) >= 11 is 7.22. The van der Waals surface area contributed by atoms with E-state index < -0.39 is 0 Å². The molecule has 1 amide bonds. The van der Waals surface area contributed by atoms with Crippen molar-refractivity contribution < 1.29 is 14.3 Å². The van der Waals surface area contributed by atoms with Crippen LogP contribution in [-0.2, 0) is 6.61 Å². The largest absolute Gasteiger partial charge is 0.497 e. The Balaban J connectivity index is 1.63. The zero-order valence-electron chi connectivity index (χ0n) is 14.3. The van der Waals surface area contributed by atoms with Gasteiger partial charge in [-0.2, -0.15) is 0 Å². The van der Waals surface area contributed by atoms with Gasteiger partial charge >= 0.3 is 0 Å². The number of amides is 1. The second kappa shape index (κ2) is 8.21. The summed E-state index contributed by atoms with van der Waals surface area (Å²) in [5.74, 6) is 1.11. The van der Waals surface area contributed by atoms with E-state index in [4.69, 9.17) is 21.1 Å². The molecule has 0 fully saturated rings. The minimum atomic E-state index is -0.268. The van der Waals surface area contributed by atoms with Gasteiger partial charge in [0.2, 0.25) is 0 Å². The third kappa shape index (κ3) is 4.53. The fourth-order valence-corrected chi connectivity index (χ4v) is 3.02. The number of rotatable bonds is 6. The lowest BCUT2D eigenvalue weighted by Crippen LogP contribution is -2.13. The Hall–Kier alpha value is -2.57. The number of anilines is 1. The number of methoxy groups -OCH3 is 1. The Kier molecular flexibility index (Phi) is 5.75. The maximum absolute atomic E-state index is 12.4. The van der Waals surface area contributed by atoms with Crippen LogP contribution in [0.2, 0.25) is 5.02 Å². The molecule has 3 aromatic rings. The van der Waals surface area contributed by atoms with Gasteiger partial charge in [0.25, 0.3) is 5.91 Å². The molecule has 0 saturated carbocycles. The third-order valence-electron chi connectivity index (χ3n) is 3.65. The molecular weight excluding hydrogens is 372 g/mol. The number of ether oxygens (including phenoxy) is 2. The lowest BCUT2D eigenvalue weighted by molar-refractivity contribution is 0.102. The number of benzene rings is 2. The maximum atomic E-state index is 12.4. The van der Waals surface area contributed by atoms with E-state index in [0.29, 0.717) is 32.9 Å². The van der Waals surface area contributed by atoms with Crippen molar-refractivity contribution in [1.29, 1.82) is 0 Å². The molecule has 1 heterocycles. The molecule has 134 valence electrons. The fraction of sp³-hybridized carbons (Fsp3) is 0.158. The first-order valence-corrected chi connectivity index (χ1v) is 9.09. The van der Waals surface area contributed by atoms with Gasteiger partial charge in [0, 0.05) is 22.2 Å². The average molecular weight is 389 g/mol. The maximum Gasteiger partial charge on any atom is 0.275 e. The van der Waals surface area contributed by atoms with Crippen LogP contribution in [0.25, 0.3) is 0 Å². The summed E-state index contributed by atoms with van der Waals surface area (Å²) in [5, 5.41) is 5.94. The minimum absolute atomic E-state index is 0.268. The summed E-state index contributed by atoms with van der Waals surface area (Å²) < 4.78 is 10.8. The zero-order valence-corrected chi connectivity index (χ0v) is 15.9. The number of hydrogen-bond acceptors (Lipinski definition) is 5. The first-order chi connectivity index (χ1) is 12.5. The van der Waals surface area contributed by atoms with E-state index in [2.05, 4.69) is 10.3 Å². The van der Waals surface area contributed by atoms with Crippen LogP contribution in [0.15, 0.2) is 47.8 Å². The van der Waals surface area contributed by atoms with Crippen molar-refractivity contribution in [2.24, 2.45) is 0 Å². The van der Waals surface area contributed by atoms with E-state index in [9.17, 15) is 4.79 Å². The Bertz CT molecular complexity index is 909. The number of halogens is 1. The summed E-state index contributed by atoms with van der Waals surface area (Å²) in [5.41, 5.74) is 1.99. The molecule has 0 aliphatic rings. The summed E-state index contributed by atoms with van der Waals surface area (Å²) in [4.78, 5) is 16.8. The van der Waals surface area contributed by atoms with Crippen LogP contribution in [0.4, 0.5) is 5.69 Å². The number of carbonyl (C=O) groups is 1. The molecular formula is C19H17ClN2O3S. The molecule has 0 unspecified atom stereocenters. The van der Waals surface area contributed by atoms with Crippen molar-refractivity contribution in [3.05, 3.63) is 69.1 Å². The van der Waals surface area contributed by atoms with E-state index in [1.54, 1.807) is 42.8 Å². The number of nitrogens with one attached hydrogen (secondary N) is 1. The molecule has 0 atom stereocenters. The monoisotopic (exact) mass is 388 g/mol. The van der Waals surface area contributed by atoms with Crippen molar-refractivity contribution in [3.63, 3.8) is 0 Å². The van der Waals surface area contributed by atoms with Crippen molar-refractivity contribution in [2.45, 2.75) is 13.5 Å². The van der Waals surface area contributed by atoms with Crippen LogP contribution in [0.3, 0.4) is 0 Å². The number of hydrogen-bond donors (Lipinski definition) is 1. The quantitative estimate of drug-likeness (QED) is 0.649. The van der Waals surface area contributed by atoms with Crippen molar-refractivity contribution in [1.82, 2.24) is 4.98 Å². The summed E-state index contributed by atoms with van der Waals surface area (Å²) in [6, 6.07) is 12.6. The van der Waals surface area contributed by atoms with Crippen LogP contribution < -0.4 is 14.8 Å². The zero-order chi connectivity index (χ0) is 18.5. The molecule has 3 rings (SSSR count). The standard InChI is InChI=1S/C19H17ClN2O3S/c1-12-3-6-15(24-2)9-16(12)22-19(23)17-11-26-18(21-17)10-25-14-7-4-13(20)5-8-14/h3-9,11H,10H2,1-2H3,(H,22,23). The molecule has 0 aliphatic carbocycles. The summed E-state index contributed by atoms with van der Waals surface area (Å²) in [6.07, 6.45) is 0. The van der Waals surface area contributed by atoms with Gasteiger partial charge in [0.05, 0.1) is 7.11 Å². The Morgan fingerprint density at radius 1 is 1.19 bits per heavy atom. The van der Waals surface area contributed by atoms with Gasteiger partial charge in [-0.15, -0.1) is 11.3 Å². The highest BCUT2D eigenvalue weighted by molar-refractivity contribution is 7.09. The molecule has 0 saturated heterocycles. The minimum Gasteiger partial charge on any atom is -0.497 e. The average Bonchev–Trinajstić information content (AvgIpc) is 3.12. The molecule has 7 heteroatoms. The molecule has 0 spiro atoms. The number of carbonyl (C=O) groups excluding carboxylic acids is 1. The van der Waals surface area contributed by atoms with Crippen LogP contribution in [0.1, 0.15) is 21.1 Å². The van der Waals surface area contributed by atoms with E-state index in [-0.39, 0.29) is 12.5 Å². The molecule has 1 N–H and O–H groups in total. The smallest absolute Gasteiger partial charge is 0.275 e. The van der Waals surface area contributed by atoms with Crippen molar-refractivity contribution in [2.75, 3.05) is 12.4 Å². The molecule has 0 bridgehead atoms. The van der Waals surface area contributed by atoms with E-state index in [1.807, 2.05) is 19.1 Å². The highest BCUT2D eigenvalue weighted by Gasteiger charge is 2.13. The van der Waals surface area contributed by atoms with Gasteiger partial charge < -0.3 is 14.8 Å². The normalized spacial score (nSPS) is 10.4. The number of thiazole rings is 1. The predicted molar refractivity (Wildman–Crippen MR) is 104 cm³/mol. The fourth-order valence-electron chi connectivity index (χ4n) is 2.21. The van der Waals surface area contributed by atoms with Gasteiger partial charge in [0.15, 0.2) is 0 Å². The van der Waals surface area contributed by atoms with Gasteiger partial charge in [-0.1, -0.05) is 17.7 Å². The molecule has 1 aromatic heterocycles. The van der Waals surface area contributed by atoms with Gasteiger partial charge in [-0.25, -0.2) is 4.98 Å². The lowest BCUT2D eigenvalue weighted by atomic mass is 10.2. The van der Waals surface area contributed by atoms with E-state index >= 15 is 0 Å². The Morgan fingerprint density at radius 3 is 2.65 bits per heavy atom. The number of aryl methyl sites for hydroxylation is 1. The first-order valence-electron chi connectivity index (χ1n) is 7.84. The Morgan fingerprint density at radius 2 is 1.92 bits per heavy atom. The molecule has 26 heavy (non-hydrogen) atoms. The van der Waals surface area contributed by atoms with Crippen molar-refractivity contribution >= 4 is 34.5 Å². The van der Waals surface area contributed by atoms with Crippen molar-refractivity contribution in [3.8, 4) is 11.5 Å². The lowest BCUT2D eigenvalue weighted by Gasteiger charge is -2.09. The van der Waals surface area contributed by atoms with Gasteiger partial charge in [0.1, 0.15) is 28.8 Å². The van der Waals surface area contributed by atoms with Crippen LogP contribution in [0.5, 0.6) is 11.5 Å².